The molecule has 0 aliphatic rings. The Kier molecular flexibility index (Phi) is 6.65. The van der Waals surface area contributed by atoms with Crippen LogP contribution in [0.3, 0.4) is 0 Å². The number of carbonyl (C=O) groups is 2. The van der Waals surface area contributed by atoms with Gasteiger partial charge in [-0.3, -0.25) is 4.79 Å². The second-order valence-corrected chi connectivity index (χ2v) is 7.51. The van der Waals surface area contributed by atoms with Gasteiger partial charge in [-0.15, -0.1) is 11.3 Å². The fraction of sp³-hybridized carbons (Fsp3) is 0.312. The average Bonchev–Trinajstić information content (AvgIpc) is 2.93. The highest BCUT2D eigenvalue weighted by Gasteiger charge is 2.23. The molecule has 0 aliphatic carbocycles. The smallest absolute Gasteiger partial charge is 0.326 e. The van der Waals surface area contributed by atoms with Crippen LogP contribution in [0.4, 0.5) is 0 Å². The minimum atomic E-state index is -1.03. The highest BCUT2D eigenvalue weighted by atomic mass is 35.5. The minimum absolute atomic E-state index is 0.379. The summed E-state index contributed by atoms with van der Waals surface area (Å²) in [7, 11) is 0. The normalized spacial score (nSPS) is 12.0. The van der Waals surface area contributed by atoms with Crippen molar-refractivity contribution >= 4 is 46.6 Å². The van der Waals surface area contributed by atoms with Crippen molar-refractivity contribution in [2.45, 2.75) is 19.4 Å². The van der Waals surface area contributed by atoms with E-state index >= 15 is 0 Å². The molecular formula is C16H17ClN2O3S2. The fourth-order valence-electron chi connectivity index (χ4n) is 2.04. The molecule has 0 saturated heterocycles. The van der Waals surface area contributed by atoms with Crippen molar-refractivity contribution in [2.24, 2.45) is 0 Å². The topological polar surface area (TPSA) is 79.3 Å². The van der Waals surface area contributed by atoms with Crippen molar-refractivity contribution in [2.75, 3.05) is 12.0 Å². The van der Waals surface area contributed by atoms with Gasteiger partial charge in [-0.2, -0.15) is 11.8 Å². The molecule has 2 aromatic rings. The predicted molar refractivity (Wildman–Crippen MR) is 99.2 cm³/mol. The molecule has 2 rings (SSSR count). The van der Waals surface area contributed by atoms with E-state index in [0.29, 0.717) is 32.8 Å². The van der Waals surface area contributed by atoms with Crippen LogP contribution in [-0.4, -0.2) is 40.0 Å². The second-order valence-electron chi connectivity index (χ2n) is 5.09. The summed E-state index contributed by atoms with van der Waals surface area (Å²) in [6.07, 6.45) is 2.27. The van der Waals surface area contributed by atoms with Crippen LogP contribution in [0.1, 0.15) is 21.8 Å². The Bertz CT molecular complexity index is 731. The third kappa shape index (κ3) is 4.72. The lowest BCUT2D eigenvalue weighted by molar-refractivity contribution is -0.139. The van der Waals surface area contributed by atoms with Gasteiger partial charge in [-0.25, -0.2) is 9.78 Å². The van der Waals surface area contributed by atoms with Gasteiger partial charge >= 0.3 is 5.97 Å². The van der Waals surface area contributed by atoms with Gasteiger partial charge in [-0.1, -0.05) is 23.7 Å². The number of aryl methyl sites for hydroxylation is 1. The Labute approximate surface area is 153 Å². The van der Waals surface area contributed by atoms with E-state index in [4.69, 9.17) is 11.6 Å². The molecule has 0 aliphatic heterocycles. The van der Waals surface area contributed by atoms with E-state index in [-0.39, 0.29) is 0 Å². The van der Waals surface area contributed by atoms with Crippen LogP contribution in [-0.2, 0) is 4.79 Å². The Morgan fingerprint density at radius 1 is 1.38 bits per heavy atom. The maximum Gasteiger partial charge on any atom is 0.326 e. The number of aliphatic carboxylic acids is 1. The Hall–Kier alpha value is -1.57. The standard InChI is InChI=1S/C16H17ClN2O3S2/c1-9-13(14(20)19-12(16(21)22)7-8-23-2)24-15(18-9)10-3-5-11(17)6-4-10/h3-6,12H,7-8H2,1-2H3,(H,19,20)(H,21,22)/t12-/m0/s1. The van der Waals surface area contributed by atoms with Crippen LogP contribution in [0.15, 0.2) is 24.3 Å². The average molecular weight is 385 g/mol. The Morgan fingerprint density at radius 3 is 2.62 bits per heavy atom. The van der Waals surface area contributed by atoms with E-state index in [2.05, 4.69) is 10.3 Å². The molecule has 1 heterocycles. The molecule has 0 spiro atoms. The second kappa shape index (κ2) is 8.50. The lowest BCUT2D eigenvalue weighted by atomic mass is 10.2. The lowest BCUT2D eigenvalue weighted by Crippen LogP contribution is -2.41. The summed E-state index contributed by atoms with van der Waals surface area (Å²) < 4.78 is 0. The first kappa shape index (κ1) is 18.8. The number of hydrogen-bond donors (Lipinski definition) is 2. The number of carboxylic acids is 1. The molecule has 0 unspecified atom stereocenters. The summed E-state index contributed by atoms with van der Waals surface area (Å²) in [5.41, 5.74) is 1.44. The number of benzene rings is 1. The van der Waals surface area contributed by atoms with Crippen LogP contribution in [0.5, 0.6) is 0 Å². The summed E-state index contributed by atoms with van der Waals surface area (Å²) in [6, 6.07) is 6.29. The molecule has 1 aromatic carbocycles. The van der Waals surface area contributed by atoms with Gasteiger partial charge in [0.05, 0.1) is 5.69 Å². The van der Waals surface area contributed by atoms with Crippen LogP contribution < -0.4 is 5.32 Å². The first-order valence-electron chi connectivity index (χ1n) is 7.18. The van der Waals surface area contributed by atoms with Crippen molar-refractivity contribution in [3.8, 4) is 10.6 Å². The summed E-state index contributed by atoms with van der Waals surface area (Å²) in [6.45, 7) is 1.74. The maximum atomic E-state index is 12.4. The molecule has 1 aromatic heterocycles. The van der Waals surface area contributed by atoms with E-state index in [1.54, 1.807) is 30.8 Å². The van der Waals surface area contributed by atoms with Gasteiger partial charge < -0.3 is 10.4 Å². The number of halogens is 1. The first-order valence-corrected chi connectivity index (χ1v) is 9.77. The number of nitrogens with zero attached hydrogens (tertiary/aromatic N) is 1. The number of aromatic nitrogens is 1. The van der Waals surface area contributed by atoms with E-state index in [0.717, 1.165) is 5.56 Å². The molecule has 24 heavy (non-hydrogen) atoms. The van der Waals surface area contributed by atoms with Gasteiger partial charge in [0.1, 0.15) is 15.9 Å². The predicted octanol–water partition coefficient (Wildman–Crippen LogP) is 3.71. The number of carbonyl (C=O) groups excluding carboxylic acids is 1. The monoisotopic (exact) mass is 384 g/mol. The SMILES string of the molecule is CSCC[C@H](NC(=O)c1sc(-c2ccc(Cl)cc2)nc1C)C(=O)O. The summed E-state index contributed by atoms with van der Waals surface area (Å²) in [5.74, 6) is -0.772. The number of rotatable bonds is 7. The van der Waals surface area contributed by atoms with Crippen molar-refractivity contribution in [3.05, 3.63) is 39.9 Å². The zero-order chi connectivity index (χ0) is 17.7. The minimum Gasteiger partial charge on any atom is -0.480 e. The molecule has 128 valence electrons. The maximum absolute atomic E-state index is 12.4. The molecule has 1 atom stereocenters. The number of thioether (sulfide) groups is 1. The van der Waals surface area contributed by atoms with Crippen LogP contribution in [0.2, 0.25) is 5.02 Å². The highest BCUT2D eigenvalue weighted by Crippen LogP contribution is 2.28. The molecule has 0 radical (unpaired) electrons. The van der Waals surface area contributed by atoms with Gasteiger partial charge in [0.25, 0.3) is 5.91 Å². The van der Waals surface area contributed by atoms with Gasteiger partial charge in [0, 0.05) is 10.6 Å². The van der Waals surface area contributed by atoms with E-state index in [1.807, 2.05) is 18.4 Å². The summed E-state index contributed by atoms with van der Waals surface area (Å²) >= 11 is 8.66. The fourth-order valence-corrected chi connectivity index (χ4v) is 3.61. The summed E-state index contributed by atoms with van der Waals surface area (Å²) in [5, 5.41) is 13.1. The molecule has 0 bridgehead atoms. The quantitative estimate of drug-likeness (QED) is 0.760. The van der Waals surface area contributed by atoms with Crippen molar-refractivity contribution in [1.82, 2.24) is 10.3 Å². The van der Waals surface area contributed by atoms with Gasteiger partial charge in [0.2, 0.25) is 0 Å². The number of amides is 1. The van der Waals surface area contributed by atoms with Gasteiger partial charge in [0.15, 0.2) is 0 Å². The number of thiazole rings is 1. The largest absolute Gasteiger partial charge is 0.480 e. The van der Waals surface area contributed by atoms with Crippen LogP contribution in [0, 0.1) is 6.92 Å². The van der Waals surface area contributed by atoms with Crippen LogP contribution in [0.25, 0.3) is 10.6 Å². The van der Waals surface area contributed by atoms with Crippen molar-refractivity contribution in [3.63, 3.8) is 0 Å². The highest BCUT2D eigenvalue weighted by molar-refractivity contribution is 7.98. The first-order chi connectivity index (χ1) is 11.4. The van der Waals surface area contributed by atoms with Crippen molar-refractivity contribution < 1.29 is 14.7 Å². The molecule has 0 saturated carbocycles. The van der Waals surface area contributed by atoms with Crippen LogP contribution >= 0.6 is 34.7 Å². The zero-order valence-electron chi connectivity index (χ0n) is 13.2. The molecular weight excluding hydrogens is 368 g/mol. The van der Waals surface area contributed by atoms with Crippen molar-refractivity contribution in [1.29, 1.82) is 0 Å². The zero-order valence-corrected chi connectivity index (χ0v) is 15.6. The Morgan fingerprint density at radius 2 is 2.04 bits per heavy atom. The third-order valence-electron chi connectivity index (χ3n) is 3.31. The summed E-state index contributed by atoms with van der Waals surface area (Å²) in [4.78, 5) is 28.5. The third-order valence-corrected chi connectivity index (χ3v) is 5.41. The number of carboxylic acid groups (broad SMARTS) is 1. The van der Waals surface area contributed by atoms with Gasteiger partial charge in [-0.05, 0) is 37.5 Å². The van der Waals surface area contributed by atoms with E-state index in [9.17, 15) is 14.7 Å². The molecule has 0 fully saturated rings. The Balaban J connectivity index is 2.17. The molecule has 2 N–H and O–H groups in total. The van der Waals surface area contributed by atoms with E-state index < -0.39 is 17.9 Å². The van der Waals surface area contributed by atoms with E-state index in [1.165, 1.54) is 11.3 Å². The lowest BCUT2D eigenvalue weighted by Gasteiger charge is -2.13. The molecule has 1 amide bonds. The number of hydrogen-bond acceptors (Lipinski definition) is 5. The molecule has 8 heteroatoms. The molecule has 5 nitrogen and oxygen atoms in total. The number of nitrogens with one attached hydrogen (secondary N) is 1.